The second-order valence-electron chi connectivity index (χ2n) is 4.81. The van der Waals surface area contributed by atoms with Crippen LogP contribution in [-0.2, 0) is 4.79 Å². The summed E-state index contributed by atoms with van der Waals surface area (Å²) in [6.45, 7) is 5.35. The summed E-state index contributed by atoms with van der Waals surface area (Å²) in [4.78, 5) is 22.8. The van der Waals surface area contributed by atoms with Crippen LogP contribution in [0, 0.1) is 5.92 Å². The van der Waals surface area contributed by atoms with Gasteiger partial charge in [0.15, 0.2) is 0 Å². The van der Waals surface area contributed by atoms with Gasteiger partial charge in [-0.1, -0.05) is 44.2 Å². The zero-order valence-electron chi connectivity index (χ0n) is 11.4. The zero-order valence-corrected chi connectivity index (χ0v) is 11.4. The number of carboxylic acid groups (broad SMARTS) is 1. The van der Waals surface area contributed by atoms with Crippen LogP contribution in [-0.4, -0.2) is 23.1 Å². The molecule has 2 amide bonds. The summed E-state index contributed by atoms with van der Waals surface area (Å²) < 4.78 is 0. The first-order valence-electron chi connectivity index (χ1n) is 6.26. The molecule has 0 aliphatic carbocycles. The van der Waals surface area contributed by atoms with Crippen LogP contribution in [0.3, 0.4) is 0 Å². The maximum Gasteiger partial charge on any atom is 0.326 e. The summed E-state index contributed by atoms with van der Waals surface area (Å²) >= 11 is 0. The molecule has 0 saturated carbocycles. The topological polar surface area (TPSA) is 78.4 Å². The molecule has 1 aromatic rings. The predicted octanol–water partition coefficient (Wildman–Crippen LogP) is 2.16. The van der Waals surface area contributed by atoms with Crippen molar-refractivity contribution in [3.63, 3.8) is 0 Å². The van der Waals surface area contributed by atoms with Crippen LogP contribution >= 0.6 is 0 Å². The molecule has 3 N–H and O–H groups in total. The molecule has 0 bridgehead atoms. The van der Waals surface area contributed by atoms with Crippen molar-refractivity contribution in [2.45, 2.75) is 32.9 Å². The van der Waals surface area contributed by atoms with Gasteiger partial charge < -0.3 is 15.7 Å². The van der Waals surface area contributed by atoms with Gasteiger partial charge in [-0.3, -0.25) is 0 Å². The van der Waals surface area contributed by atoms with Crippen molar-refractivity contribution < 1.29 is 14.7 Å². The number of rotatable bonds is 5. The second kappa shape index (κ2) is 6.78. The van der Waals surface area contributed by atoms with E-state index in [1.165, 1.54) is 0 Å². The molecule has 0 radical (unpaired) electrons. The average Bonchev–Trinajstić information content (AvgIpc) is 2.36. The minimum atomic E-state index is -1.03. The zero-order chi connectivity index (χ0) is 14.4. The van der Waals surface area contributed by atoms with Gasteiger partial charge in [0.05, 0.1) is 6.04 Å². The number of amides is 2. The summed E-state index contributed by atoms with van der Waals surface area (Å²) in [7, 11) is 0. The molecule has 1 rings (SSSR count). The number of carboxylic acids is 1. The van der Waals surface area contributed by atoms with E-state index in [-0.39, 0.29) is 12.0 Å². The molecule has 104 valence electrons. The Labute approximate surface area is 113 Å². The van der Waals surface area contributed by atoms with Crippen molar-refractivity contribution >= 4 is 12.0 Å². The minimum absolute atomic E-state index is 0.171. The van der Waals surface area contributed by atoms with Crippen molar-refractivity contribution in [3.05, 3.63) is 35.9 Å². The molecular weight excluding hydrogens is 244 g/mol. The van der Waals surface area contributed by atoms with Gasteiger partial charge in [-0.15, -0.1) is 0 Å². The summed E-state index contributed by atoms with van der Waals surface area (Å²) in [6, 6.07) is 7.95. The molecule has 0 heterocycles. The molecule has 0 spiro atoms. The van der Waals surface area contributed by atoms with E-state index < -0.39 is 18.0 Å². The third-order valence-electron chi connectivity index (χ3n) is 2.87. The van der Waals surface area contributed by atoms with Crippen molar-refractivity contribution in [2.24, 2.45) is 5.92 Å². The average molecular weight is 264 g/mol. The van der Waals surface area contributed by atoms with E-state index in [0.717, 1.165) is 5.56 Å². The predicted molar refractivity (Wildman–Crippen MR) is 72.8 cm³/mol. The molecule has 19 heavy (non-hydrogen) atoms. The highest BCUT2D eigenvalue weighted by atomic mass is 16.4. The Morgan fingerprint density at radius 1 is 1.05 bits per heavy atom. The maximum atomic E-state index is 11.8. The van der Waals surface area contributed by atoms with E-state index >= 15 is 0 Å². The SMILES string of the molecule is CC(C)[C@H](NC(=O)N[C@H](C)c1ccccc1)C(=O)O. The summed E-state index contributed by atoms with van der Waals surface area (Å²) in [5, 5.41) is 14.2. The molecule has 5 nitrogen and oxygen atoms in total. The Bertz CT molecular complexity index is 432. The monoisotopic (exact) mass is 264 g/mol. The Balaban J connectivity index is 2.58. The van der Waals surface area contributed by atoms with Crippen LogP contribution in [0.5, 0.6) is 0 Å². The van der Waals surface area contributed by atoms with Gasteiger partial charge in [-0.25, -0.2) is 9.59 Å². The smallest absolute Gasteiger partial charge is 0.326 e. The first-order chi connectivity index (χ1) is 8.91. The molecule has 0 aliphatic heterocycles. The number of carbonyl (C=O) groups is 2. The lowest BCUT2D eigenvalue weighted by Crippen LogP contribution is -2.49. The van der Waals surface area contributed by atoms with Gasteiger partial charge in [0, 0.05) is 0 Å². The fourth-order valence-electron chi connectivity index (χ4n) is 1.72. The lowest BCUT2D eigenvalue weighted by atomic mass is 10.1. The van der Waals surface area contributed by atoms with Crippen LogP contribution in [0.25, 0.3) is 0 Å². The van der Waals surface area contributed by atoms with Gasteiger partial charge >= 0.3 is 12.0 Å². The third-order valence-corrected chi connectivity index (χ3v) is 2.87. The van der Waals surface area contributed by atoms with Gasteiger partial charge in [0.2, 0.25) is 0 Å². The summed E-state index contributed by atoms with van der Waals surface area (Å²) in [5.74, 6) is -1.20. The quantitative estimate of drug-likeness (QED) is 0.762. The first-order valence-corrected chi connectivity index (χ1v) is 6.26. The molecular formula is C14H20N2O3. The number of aliphatic carboxylic acids is 1. The lowest BCUT2D eigenvalue weighted by Gasteiger charge is -2.20. The number of hydrogen-bond acceptors (Lipinski definition) is 2. The van der Waals surface area contributed by atoms with Crippen LogP contribution in [0.15, 0.2) is 30.3 Å². The van der Waals surface area contributed by atoms with Crippen molar-refractivity contribution in [1.29, 1.82) is 0 Å². The fraction of sp³-hybridized carbons (Fsp3) is 0.429. The van der Waals surface area contributed by atoms with Gasteiger partial charge in [0.1, 0.15) is 6.04 Å². The minimum Gasteiger partial charge on any atom is -0.480 e. The highest BCUT2D eigenvalue weighted by Gasteiger charge is 2.23. The number of carbonyl (C=O) groups excluding carboxylic acids is 1. The highest BCUT2D eigenvalue weighted by molar-refractivity contribution is 5.82. The largest absolute Gasteiger partial charge is 0.480 e. The van der Waals surface area contributed by atoms with Crippen molar-refractivity contribution in [2.75, 3.05) is 0 Å². The van der Waals surface area contributed by atoms with Crippen molar-refractivity contribution in [1.82, 2.24) is 10.6 Å². The number of nitrogens with one attached hydrogen (secondary N) is 2. The number of urea groups is 1. The molecule has 0 aliphatic rings. The Hall–Kier alpha value is -2.04. The third kappa shape index (κ3) is 4.62. The van der Waals surface area contributed by atoms with Gasteiger partial charge in [-0.2, -0.15) is 0 Å². The lowest BCUT2D eigenvalue weighted by molar-refractivity contribution is -0.140. The summed E-state index contributed by atoms with van der Waals surface area (Å²) in [5.41, 5.74) is 0.967. The molecule has 0 fully saturated rings. The van der Waals surface area contributed by atoms with E-state index in [4.69, 9.17) is 5.11 Å². The van der Waals surface area contributed by atoms with Gasteiger partial charge in [0.25, 0.3) is 0 Å². The molecule has 0 saturated heterocycles. The molecule has 1 aromatic carbocycles. The van der Waals surface area contributed by atoms with E-state index in [9.17, 15) is 9.59 Å². The first kappa shape index (κ1) is 15.0. The van der Waals surface area contributed by atoms with Crippen LogP contribution in [0.4, 0.5) is 4.79 Å². The fourth-order valence-corrected chi connectivity index (χ4v) is 1.72. The van der Waals surface area contributed by atoms with Gasteiger partial charge in [-0.05, 0) is 18.4 Å². The second-order valence-corrected chi connectivity index (χ2v) is 4.81. The van der Waals surface area contributed by atoms with Crippen molar-refractivity contribution in [3.8, 4) is 0 Å². The maximum absolute atomic E-state index is 11.8. The van der Waals surface area contributed by atoms with Crippen LogP contribution in [0.1, 0.15) is 32.4 Å². The Kier molecular flexibility index (Phi) is 5.36. The van der Waals surface area contributed by atoms with E-state index in [2.05, 4.69) is 10.6 Å². The van der Waals surface area contributed by atoms with Crippen LogP contribution < -0.4 is 10.6 Å². The standard InChI is InChI=1S/C14H20N2O3/c1-9(2)12(13(17)18)16-14(19)15-10(3)11-7-5-4-6-8-11/h4-10,12H,1-3H3,(H,17,18)(H2,15,16,19)/t10-,12+/m1/s1. The van der Waals surface area contributed by atoms with E-state index in [1.54, 1.807) is 13.8 Å². The highest BCUT2D eigenvalue weighted by Crippen LogP contribution is 2.11. The molecule has 2 atom stereocenters. The van der Waals surface area contributed by atoms with E-state index in [0.29, 0.717) is 0 Å². The Morgan fingerprint density at radius 2 is 1.63 bits per heavy atom. The normalized spacial score (nSPS) is 13.7. The Morgan fingerprint density at radius 3 is 2.11 bits per heavy atom. The molecule has 0 unspecified atom stereocenters. The van der Waals surface area contributed by atoms with Crippen LogP contribution in [0.2, 0.25) is 0 Å². The van der Waals surface area contributed by atoms with E-state index in [1.807, 2.05) is 37.3 Å². The molecule has 5 heteroatoms. The summed E-state index contributed by atoms with van der Waals surface area (Å²) in [6.07, 6.45) is 0. The number of benzene rings is 1. The molecule has 0 aromatic heterocycles. The number of hydrogen-bond donors (Lipinski definition) is 3.